The number of rotatable bonds is 4. The van der Waals surface area contributed by atoms with E-state index in [2.05, 4.69) is 25.9 Å². The summed E-state index contributed by atoms with van der Waals surface area (Å²) in [5.74, 6) is -3.49. The van der Waals surface area contributed by atoms with Crippen molar-refractivity contribution >= 4 is 31.7 Å². The van der Waals surface area contributed by atoms with Gasteiger partial charge in [-0.05, 0) is 18.2 Å². The second kappa shape index (κ2) is 5.86. The first kappa shape index (κ1) is 15.5. The molecule has 0 aliphatic heterocycles. The highest BCUT2D eigenvalue weighted by molar-refractivity contribution is 9.10. The van der Waals surface area contributed by atoms with E-state index in [0.717, 1.165) is 12.1 Å². The summed E-state index contributed by atoms with van der Waals surface area (Å²) in [6.45, 7) is 0. The third-order valence-corrected chi connectivity index (χ3v) is 4.57. The van der Waals surface area contributed by atoms with Crippen LogP contribution in [0.25, 0.3) is 0 Å². The van der Waals surface area contributed by atoms with Gasteiger partial charge in [0.1, 0.15) is 16.5 Å². The van der Waals surface area contributed by atoms with Gasteiger partial charge < -0.3 is 5.11 Å². The number of aromatic carboxylic acids is 1. The molecule has 0 fully saturated rings. The monoisotopic (exact) mass is 374 g/mol. The Balaban J connectivity index is 2.53. The van der Waals surface area contributed by atoms with E-state index in [1.165, 1.54) is 18.5 Å². The fraction of sp³-hybridized carbons (Fsp3) is 0.0833. The SMILES string of the molecule is O=C(O)c1cc(Br)cc(S(=O)(=O)Cc2ncccn2)c1F. The molecule has 0 atom stereocenters. The molecule has 1 heterocycles. The van der Waals surface area contributed by atoms with E-state index in [1.807, 2.05) is 0 Å². The largest absolute Gasteiger partial charge is 0.478 e. The van der Waals surface area contributed by atoms with Crippen LogP contribution in [-0.2, 0) is 15.6 Å². The first-order chi connectivity index (χ1) is 9.81. The summed E-state index contributed by atoms with van der Waals surface area (Å²) in [5, 5.41) is 8.89. The lowest BCUT2D eigenvalue weighted by Crippen LogP contribution is -2.12. The second-order valence-electron chi connectivity index (χ2n) is 3.99. The fourth-order valence-corrected chi connectivity index (χ4v) is 3.54. The van der Waals surface area contributed by atoms with E-state index in [0.29, 0.717) is 0 Å². The third-order valence-electron chi connectivity index (χ3n) is 2.51. The van der Waals surface area contributed by atoms with E-state index in [9.17, 15) is 17.6 Å². The zero-order valence-electron chi connectivity index (χ0n) is 10.3. The predicted molar refractivity (Wildman–Crippen MR) is 74.0 cm³/mol. The van der Waals surface area contributed by atoms with Crippen LogP contribution in [0, 0.1) is 5.82 Å². The smallest absolute Gasteiger partial charge is 0.338 e. The van der Waals surface area contributed by atoms with Crippen molar-refractivity contribution < 1.29 is 22.7 Å². The van der Waals surface area contributed by atoms with Crippen molar-refractivity contribution in [3.63, 3.8) is 0 Å². The molecule has 0 aliphatic rings. The zero-order chi connectivity index (χ0) is 15.6. The number of halogens is 2. The van der Waals surface area contributed by atoms with Crippen molar-refractivity contribution in [2.24, 2.45) is 0 Å². The molecule has 110 valence electrons. The van der Waals surface area contributed by atoms with Gasteiger partial charge in [-0.3, -0.25) is 0 Å². The van der Waals surface area contributed by atoms with E-state index in [-0.39, 0.29) is 10.3 Å². The maximum atomic E-state index is 14.1. The van der Waals surface area contributed by atoms with Crippen molar-refractivity contribution in [1.29, 1.82) is 0 Å². The molecule has 0 amide bonds. The first-order valence-electron chi connectivity index (χ1n) is 5.52. The van der Waals surface area contributed by atoms with Gasteiger partial charge in [-0.15, -0.1) is 0 Å². The minimum atomic E-state index is -4.12. The molecule has 0 saturated carbocycles. The van der Waals surface area contributed by atoms with Crippen molar-refractivity contribution in [3.8, 4) is 0 Å². The normalized spacial score (nSPS) is 11.3. The van der Waals surface area contributed by atoms with Gasteiger partial charge >= 0.3 is 5.97 Å². The van der Waals surface area contributed by atoms with Gasteiger partial charge in [0.25, 0.3) is 0 Å². The van der Waals surface area contributed by atoms with Crippen molar-refractivity contribution in [2.45, 2.75) is 10.6 Å². The van der Waals surface area contributed by atoms with E-state index < -0.39 is 37.8 Å². The van der Waals surface area contributed by atoms with Crippen LogP contribution in [0.1, 0.15) is 16.2 Å². The summed E-state index contributed by atoms with van der Waals surface area (Å²) in [6, 6.07) is 3.52. The molecule has 1 aromatic heterocycles. The molecule has 1 aromatic carbocycles. The number of benzene rings is 1. The van der Waals surface area contributed by atoms with Crippen LogP contribution in [0.15, 0.2) is 40.0 Å². The van der Waals surface area contributed by atoms with Crippen molar-refractivity contribution in [2.75, 3.05) is 0 Å². The molecule has 9 heteroatoms. The molecule has 21 heavy (non-hydrogen) atoms. The number of sulfone groups is 1. The zero-order valence-corrected chi connectivity index (χ0v) is 12.7. The van der Waals surface area contributed by atoms with Crippen LogP contribution in [0.4, 0.5) is 4.39 Å². The Bertz CT molecular complexity index is 796. The summed E-state index contributed by atoms with van der Waals surface area (Å²) >= 11 is 2.97. The standard InChI is InChI=1S/C12H8BrFN2O4S/c13-7-4-8(12(17)18)11(14)9(5-7)21(19,20)6-10-15-2-1-3-16-10/h1-5H,6H2,(H,17,18). The summed E-state index contributed by atoms with van der Waals surface area (Å²) in [5.41, 5.74) is -0.725. The second-order valence-corrected chi connectivity index (χ2v) is 6.87. The lowest BCUT2D eigenvalue weighted by atomic mass is 10.2. The highest BCUT2D eigenvalue weighted by Crippen LogP contribution is 2.26. The molecule has 0 aliphatic carbocycles. The van der Waals surface area contributed by atoms with Gasteiger partial charge in [0.05, 0.1) is 5.56 Å². The van der Waals surface area contributed by atoms with Crippen LogP contribution in [0.2, 0.25) is 0 Å². The number of aromatic nitrogens is 2. The lowest BCUT2D eigenvalue weighted by Gasteiger charge is -2.08. The number of nitrogens with zero attached hydrogens (tertiary/aromatic N) is 2. The van der Waals surface area contributed by atoms with Gasteiger partial charge in [-0.25, -0.2) is 27.6 Å². The quantitative estimate of drug-likeness (QED) is 0.879. The highest BCUT2D eigenvalue weighted by atomic mass is 79.9. The molecule has 0 saturated heterocycles. The highest BCUT2D eigenvalue weighted by Gasteiger charge is 2.26. The van der Waals surface area contributed by atoms with Gasteiger partial charge in [0.2, 0.25) is 0 Å². The molecule has 0 radical (unpaired) electrons. The fourth-order valence-electron chi connectivity index (χ4n) is 1.60. The number of carboxylic acids is 1. The maximum Gasteiger partial charge on any atom is 0.338 e. The maximum absolute atomic E-state index is 14.1. The first-order valence-corrected chi connectivity index (χ1v) is 7.97. The van der Waals surface area contributed by atoms with Crippen LogP contribution in [0.3, 0.4) is 0 Å². The minimum absolute atomic E-state index is 0.00579. The van der Waals surface area contributed by atoms with Crippen LogP contribution >= 0.6 is 15.9 Å². The van der Waals surface area contributed by atoms with Crippen molar-refractivity contribution in [3.05, 3.63) is 52.3 Å². The Morgan fingerprint density at radius 3 is 2.48 bits per heavy atom. The number of hydrogen-bond donors (Lipinski definition) is 1. The van der Waals surface area contributed by atoms with Crippen LogP contribution in [-0.4, -0.2) is 29.5 Å². The molecule has 0 spiro atoms. The van der Waals surface area contributed by atoms with Gasteiger partial charge in [0.15, 0.2) is 15.7 Å². The average Bonchev–Trinajstić information content (AvgIpc) is 2.41. The number of hydrogen-bond acceptors (Lipinski definition) is 5. The van der Waals surface area contributed by atoms with Crippen LogP contribution in [0.5, 0.6) is 0 Å². The summed E-state index contributed by atoms with van der Waals surface area (Å²) < 4.78 is 38.7. The lowest BCUT2D eigenvalue weighted by molar-refractivity contribution is 0.0691. The van der Waals surface area contributed by atoms with E-state index in [1.54, 1.807) is 0 Å². The minimum Gasteiger partial charge on any atom is -0.478 e. The van der Waals surface area contributed by atoms with Crippen LogP contribution < -0.4 is 0 Å². The molecule has 6 nitrogen and oxygen atoms in total. The molecular formula is C12H8BrFN2O4S. The van der Waals surface area contributed by atoms with Gasteiger partial charge in [0, 0.05) is 16.9 Å². The Morgan fingerprint density at radius 1 is 1.29 bits per heavy atom. The molecule has 1 N–H and O–H groups in total. The topological polar surface area (TPSA) is 97.2 Å². The Hall–Kier alpha value is -1.87. The third kappa shape index (κ3) is 3.42. The van der Waals surface area contributed by atoms with E-state index in [4.69, 9.17) is 5.11 Å². The molecule has 0 unspecified atom stereocenters. The van der Waals surface area contributed by atoms with Crippen molar-refractivity contribution in [1.82, 2.24) is 9.97 Å². The predicted octanol–water partition coefficient (Wildman–Crippen LogP) is 2.05. The van der Waals surface area contributed by atoms with Gasteiger partial charge in [-0.2, -0.15) is 0 Å². The molecule has 0 bridgehead atoms. The summed E-state index contributed by atoms with van der Waals surface area (Å²) in [4.78, 5) is 17.7. The Kier molecular flexibility index (Phi) is 4.33. The Labute approximate surface area is 127 Å². The summed E-state index contributed by atoms with van der Waals surface area (Å²) in [6.07, 6.45) is 2.72. The molecule has 2 rings (SSSR count). The van der Waals surface area contributed by atoms with E-state index >= 15 is 0 Å². The number of carboxylic acid groups (broad SMARTS) is 1. The average molecular weight is 375 g/mol. The van der Waals surface area contributed by atoms with Gasteiger partial charge in [-0.1, -0.05) is 15.9 Å². The number of carbonyl (C=O) groups is 1. The Morgan fingerprint density at radius 2 is 1.90 bits per heavy atom. The molecular weight excluding hydrogens is 367 g/mol. The summed E-state index contributed by atoms with van der Waals surface area (Å²) in [7, 11) is -4.12. The molecule has 2 aromatic rings.